The molecule has 34 heavy (non-hydrogen) atoms. The fourth-order valence-corrected chi connectivity index (χ4v) is 4.83. The van der Waals surface area contributed by atoms with Crippen LogP contribution in [0.2, 0.25) is 0 Å². The fraction of sp³-hybridized carbons (Fsp3) is 0.167. The van der Waals surface area contributed by atoms with E-state index in [0.29, 0.717) is 22.5 Å². The van der Waals surface area contributed by atoms with Crippen molar-refractivity contribution in [1.29, 1.82) is 0 Å². The maximum atomic E-state index is 13.4. The van der Waals surface area contributed by atoms with Gasteiger partial charge in [-0.3, -0.25) is 19.2 Å². The minimum Gasteiger partial charge on any atom is -0.271 e. The molecule has 1 N–H and O–H groups in total. The molecule has 9 nitrogen and oxygen atoms in total. The smallest absolute Gasteiger partial charge is 0.270 e. The Labute approximate surface area is 197 Å². The maximum Gasteiger partial charge on any atom is 0.270 e. The lowest BCUT2D eigenvalue weighted by molar-refractivity contribution is -0.384. The fourth-order valence-electron chi connectivity index (χ4n) is 3.33. The number of hydrazone groups is 1. The van der Waals surface area contributed by atoms with Crippen LogP contribution in [-0.2, 0) is 14.8 Å². The summed E-state index contributed by atoms with van der Waals surface area (Å²) in [6, 6.07) is 19.0. The number of non-ortho nitro benzene ring substituents is 1. The molecule has 0 aliphatic heterocycles. The molecule has 0 heterocycles. The Kier molecular flexibility index (Phi) is 7.42. The van der Waals surface area contributed by atoms with Gasteiger partial charge >= 0.3 is 0 Å². The van der Waals surface area contributed by atoms with E-state index < -0.39 is 27.4 Å². The van der Waals surface area contributed by atoms with Crippen molar-refractivity contribution in [1.82, 2.24) is 5.43 Å². The molecule has 3 aromatic rings. The molecule has 0 aromatic heterocycles. The van der Waals surface area contributed by atoms with Crippen LogP contribution in [0.5, 0.6) is 0 Å². The van der Waals surface area contributed by atoms with Crippen LogP contribution >= 0.6 is 0 Å². The lowest BCUT2D eigenvalue weighted by atomic mass is 10.1. The van der Waals surface area contributed by atoms with Crippen LogP contribution in [-0.4, -0.2) is 31.5 Å². The number of carbonyl (C=O) groups excluding carboxylic acids is 1. The number of amides is 1. The highest BCUT2D eigenvalue weighted by Crippen LogP contribution is 2.27. The van der Waals surface area contributed by atoms with Crippen molar-refractivity contribution >= 4 is 33.0 Å². The first-order valence-electron chi connectivity index (χ1n) is 10.3. The Bertz CT molecular complexity index is 1350. The molecule has 0 saturated carbocycles. The molecule has 0 spiro atoms. The van der Waals surface area contributed by atoms with Gasteiger partial charge in [-0.1, -0.05) is 48.0 Å². The van der Waals surface area contributed by atoms with Crippen molar-refractivity contribution in [3.63, 3.8) is 0 Å². The van der Waals surface area contributed by atoms with Crippen molar-refractivity contribution in [2.75, 3.05) is 10.8 Å². The molecular weight excluding hydrogens is 456 g/mol. The number of carbonyl (C=O) groups is 1. The molecule has 3 aromatic carbocycles. The van der Waals surface area contributed by atoms with Gasteiger partial charge in [0.15, 0.2) is 0 Å². The molecule has 0 fully saturated rings. The summed E-state index contributed by atoms with van der Waals surface area (Å²) < 4.78 is 27.9. The van der Waals surface area contributed by atoms with E-state index in [0.717, 1.165) is 9.87 Å². The molecule has 0 unspecified atom stereocenters. The Morgan fingerprint density at radius 1 is 1.03 bits per heavy atom. The summed E-state index contributed by atoms with van der Waals surface area (Å²) in [5, 5.41) is 15.0. The van der Waals surface area contributed by atoms with E-state index in [1.54, 1.807) is 50.2 Å². The van der Waals surface area contributed by atoms with Gasteiger partial charge in [0.25, 0.3) is 21.6 Å². The van der Waals surface area contributed by atoms with E-state index >= 15 is 0 Å². The predicted molar refractivity (Wildman–Crippen MR) is 130 cm³/mol. The highest BCUT2D eigenvalue weighted by Gasteiger charge is 2.28. The number of rotatable bonds is 8. The maximum absolute atomic E-state index is 13.4. The molecule has 176 valence electrons. The van der Waals surface area contributed by atoms with Crippen molar-refractivity contribution < 1.29 is 18.1 Å². The van der Waals surface area contributed by atoms with Gasteiger partial charge in [-0.15, -0.1) is 0 Å². The number of hydrogen-bond donors (Lipinski definition) is 1. The Balaban J connectivity index is 1.89. The molecule has 0 radical (unpaired) electrons. The minimum absolute atomic E-state index is 0.0547. The molecule has 10 heteroatoms. The average molecular weight is 481 g/mol. The number of sulfonamides is 1. The number of nitro benzene ring substituents is 1. The molecule has 3 rings (SSSR count). The van der Waals surface area contributed by atoms with E-state index in [1.165, 1.54) is 30.3 Å². The number of nitrogens with one attached hydrogen (secondary N) is 1. The van der Waals surface area contributed by atoms with Gasteiger partial charge in [0.05, 0.1) is 21.2 Å². The number of hydrogen-bond acceptors (Lipinski definition) is 6. The Morgan fingerprint density at radius 3 is 2.38 bits per heavy atom. The highest BCUT2D eigenvalue weighted by molar-refractivity contribution is 7.92. The van der Waals surface area contributed by atoms with Crippen LogP contribution in [0.15, 0.2) is 82.8 Å². The van der Waals surface area contributed by atoms with Crippen LogP contribution in [0.4, 0.5) is 11.4 Å². The van der Waals surface area contributed by atoms with Gasteiger partial charge in [-0.05, 0) is 44.5 Å². The van der Waals surface area contributed by atoms with E-state index in [9.17, 15) is 23.3 Å². The third-order valence-corrected chi connectivity index (χ3v) is 6.84. The number of nitro groups is 1. The second kappa shape index (κ2) is 10.3. The van der Waals surface area contributed by atoms with Gasteiger partial charge in [0.1, 0.15) is 6.54 Å². The number of nitrogens with zero attached hydrogens (tertiary/aromatic N) is 3. The van der Waals surface area contributed by atoms with Crippen molar-refractivity contribution in [3.05, 3.63) is 99.6 Å². The number of benzene rings is 3. The second-order valence-electron chi connectivity index (χ2n) is 7.65. The Morgan fingerprint density at radius 2 is 1.74 bits per heavy atom. The number of anilines is 1. The van der Waals surface area contributed by atoms with E-state index in [-0.39, 0.29) is 10.6 Å². The molecule has 0 atom stereocenters. The van der Waals surface area contributed by atoms with Gasteiger partial charge in [0.2, 0.25) is 0 Å². The zero-order chi connectivity index (χ0) is 24.9. The van der Waals surface area contributed by atoms with Gasteiger partial charge in [-0.2, -0.15) is 5.10 Å². The third-order valence-electron chi connectivity index (χ3n) is 5.06. The van der Waals surface area contributed by atoms with E-state index in [1.807, 2.05) is 13.0 Å². The van der Waals surface area contributed by atoms with Crippen LogP contribution in [0, 0.1) is 24.0 Å². The van der Waals surface area contributed by atoms with Crippen molar-refractivity contribution in [2.24, 2.45) is 5.10 Å². The summed E-state index contributed by atoms with van der Waals surface area (Å²) in [5.41, 5.74) is 5.08. The average Bonchev–Trinajstić information content (AvgIpc) is 2.82. The third kappa shape index (κ3) is 5.65. The predicted octanol–water partition coefficient (Wildman–Crippen LogP) is 3.95. The summed E-state index contributed by atoms with van der Waals surface area (Å²) in [6.07, 6.45) is 0. The highest BCUT2D eigenvalue weighted by atomic mass is 32.2. The summed E-state index contributed by atoms with van der Waals surface area (Å²) in [6.45, 7) is 4.75. The molecule has 0 aliphatic rings. The van der Waals surface area contributed by atoms with Crippen LogP contribution in [0.25, 0.3) is 0 Å². The molecule has 0 aliphatic carbocycles. The SMILES string of the molecule is C/C(=N/NC(=O)CN(c1ccc(C)cc1C)S(=O)(=O)c1ccccc1)c1cccc([N+](=O)[O-])c1. The monoisotopic (exact) mass is 480 g/mol. The minimum atomic E-state index is -4.04. The van der Waals surface area contributed by atoms with E-state index in [2.05, 4.69) is 10.5 Å². The molecule has 1 amide bonds. The molecule has 0 bridgehead atoms. The lowest BCUT2D eigenvalue weighted by Crippen LogP contribution is -2.40. The molecular formula is C24H24N4O5S. The van der Waals surface area contributed by atoms with Gasteiger partial charge in [-0.25, -0.2) is 13.8 Å². The first-order valence-corrected chi connectivity index (χ1v) is 11.8. The lowest BCUT2D eigenvalue weighted by Gasteiger charge is -2.25. The zero-order valence-corrected chi connectivity index (χ0v) is 19.7. The number of aryl methyl sites for hydroxylation is 2. The second-order valence-corrected chi connectivity index (χ2v) is 9.52. The first kappa shape index (κ1) is 24.6. The summed E-state index contributed by atoms with van der Waals surface area (Å²) in [4.78, 5) is 23.3. The van der Waals surface area contributed by atoms with Crippen LogP contribution in [0.1, 0.15) is 23.6 Å². The van der Waals surface area contributed by atoms with Crippen molar-refractivity contribution in [2.45, 2.75) is 25.7 Å². The van der Waals surface area contributed by atoms with Crippen molar-refractivity contribution in [3.8, 4) is 0 Å². The summed E-state index contributed by atoms with van der Waals surface area (Å²) in [7, 11) is -4.04. The van der Waals surface area contributed by atoms with Gasteiger partial charge in [0, 0.05) is 17.7 Å². The first-order chi connectivity index (χ1) is 16.1. The quantitative estimate of drug-likeness (QED) is 0.297. The van der Waals surface area contributed by atoms with E-state index in [4.69, 9.17) is 0 Å². The zero-order valence-electron chi connectivity index (χ0n) is 18.9. The Hall–Kier alpha value is -4.05. The normalized spacial score (nSPS) is 11.7. The standard InChI is InChI=1S/C24H24N4O5S/c1-17-12-13-23(18(2)14-17)27(34(32,33)22-10-5-4-6-11-22)16-24(29)26-25-19(3)20-8-7-9-21(15-20)28(30)31/h4-15H,16H2,1-3H3,(H,26,29)/b25-19-. The largest absolute Gasteiger partial charge is 0.271 e. The summed E-state index contributed by atoms with van der Waals surface area (Å²) >= 11 is 0. The summed E-state index contributed by atoms with van der Waals surface area (Å²) in [5.74, 6) is -0.663. The van der Waals surface area contributed by atoms with Crippen LogP contribution < -0.4 is 9.73 Å². The van der Waals surface area contributed by atoms with Gasteiger partial charge < -0.3 is 0 Å². The molecule has 0 saturated heterocycles. The van der Waals surface area contributed by atoms with Crippen LogP contribution in [0.3, 0.4) is 0 Å². The topological polar surface area (TPSA) is 122 Å².